The molecule has 12 nitrogen and oxygen atoms in total. The number of benzene rings is 2. The fraction of sp³-hybridized carbons (Fsp3) is 0.484. The number of unbranched alkanes of at least 4 members (excludes halogenated alkanes) is 1. The van der Waals surface area contributed by atoms with Gasteiger partial charge in [0, 0.05) is 6.42 Å². The number of amides is 2. The Kier molecular flexibility index (Phi) is 16.2. The molecule has 2 rings (SSSR count). The highest BCUT2D eigenvalue weighted by Gasteiger charge is 2.28. The summed E-state index contributed by atoms with van der Waals surface area (Å²) in [7, 11) is -2.92. The van der Waals surface area contributed by atoms with E-state index in [4.69, 9.17) is 23.3 Å². The molecule has 3 atom stereocenters. The van der Waals surface area contributed by atoms with E-state index >= 15 is 0 Å². The summed E-state index contributed by atoms with van der Waals surface area (Å²) in [5.41, 5.74) is 0.646. The van der Waals surface area contributed by atoms with Gasteiger partial charge in [0.2, 0.25) is 5.91 Å². The first-order chi connectivity index (χ1) is 21.0. The third-order valence-electron chi connectivity index (χ3n) is 5.79. The normalized spacial score (nSPS) is 13.2. The van der Waals surface area contributed by atoms with Gasteiger partial charge in [-0.15, -0.1) is 0 Å². The number of hydrogen-bond donors (Lipinski definition) is 2. The minimum Gasteiger partial charge on any atom is -0.459 e. The molecule has 0 spiro atoms. The summed E-state index contributed by atoms with van der Waals surface area (Å²) < 4.78 is 38.5. The van der Waals surface area contributed by atoms with Crippen LogP contribution in [0.1, 0.15) is 64.5 Å². The van der Waals surface area contributed by atoms with Gasteiger partial charge in [-0.3, -0.25) is 9.36 Å². The monoisotopic (exact) mass is 634 g/mol. The molecule has 2 aromatic rings. The quantitative estimate of drug-likeness (QED) is 0.101. The Labute approximate surface area is 259 Å². The Bertz CT molecular complexity index is 1200. The van der Waals surface area contributed by atoms with Crippen LogP contribution >= 0.6 is 8.25 Å². The molecular weight excluding hydrogens is 591 g/mol. The number of carbonyl (C=O) groups is 4. The number of hydrogen-bond acceptors (Lipinski definition) is 10. The smallest absolute Gasteiger partial charge is 0.408 e. The van der Waals surface area contributed by atoms with Crippen molar-refractivity contribution in [1.29, 1.82) is 0 Å². The second-order valence-corrected chi connectivity index (χ2v) is 11.9. The van der Waals surface area contributed by atoms with E-state index in [1.165, 1.54) is 0 Å². The molecule has 0 fully saturated rings. The van der Waals surface area contributed by atoms with Crippen LogP contribution in [0.5, 0.6) is 0 Å². The number of rotatable bonds is 18. The molecule has 0 aliphatic carbocycles. The molecule has 0 heterocycles. The van der Waals surface area contributed by atoms with Crippen molar-refractivity contribution in [3.63, 3.8) is 0 Å². The summed E-state index contributed by atoms with van der Waals surface area (Å²) in [6.07, 6.45) is 0.214. The summed E-state index contributed by atoms with van der Waals surface area (Å²) in [6, 6.07) is 15.4. The van der Waals surface area contributed by atoms with Crippen LogP contribution in [0.2, 0.25) is 0 Å². The zero-order valence-corrected chi connectivity index (χ0v) is 26.7. The van der Waals surface area contributed by atoms with Gasteiger partial charge in [-0.05, 0) is 44.7 Å². The van der Waals surface area contributed by atoms with Crippen molar-refractivity contribution in [2.24, 2.45) is 0 Å². The van der Waals surface area contributed by atoms with Gasteiger partial charge in [0.05, 0.1) is 13.2 Å². The lowest BCUT2D eigenvalue weighted by molar-refractivity contribution is -0.150. The van der Waals surface area contributed by atoms with E-state index in [-0.39, 0.29) is 32.7 Å². The molecule has 0 bridgehead atoms. The Morgan fingerprint density at radius 1 is 0.795 bits per heavy atom. The van der Waals surface area contributed by atoms with Crippen molar-refractivity contribution in [1.82, 2.24) is 10.6 Å². The Morgan fingerprint density at radius 2 is 1.34 bits per heavy atom. The number of esters is 2. The minimum atomic E-state index is -2.92. The molecule has 13 heteroatoms. The highest BCUT2D eigenvalue weighted by atomic mass is 31.1. The molecule has 2 N–H and O–H groups in total. The Hall–Kier alpha value is -3.73. The maximum Gasteiger partial charge on any atom is 0.408 e. The molecule has 2 aromatic carbocycles. The predicted octanol–water partition coefficient (Wildman–Crippen LogP) is 4.85. The Balaban J connectivity index is 2.04. The van der Waals surface area contributed by atoms with Crippen LogP contribution in [0.4, 0.5) is 4.79 Å². The lowest BCUT2D eigenvalue weighted by atomic mass is 10.1. The van der Waals surface area contributed by atoms with Crippen LogP contribution in [0, 0.1) is 0 Å². The summed E-state index contributed by atoms with van der Waals surface area (Å²) in [5.74, 6) is -2.22. The van der Waals surface area contributed by atoms with E-state index in [2.05, 4.69) is 10.6 Å². The largest absolute Gasteiger partial charge is 0.459 e. The second kappa shape index (κ2) is 19.5. The fourth-order valence-corrected chi connectivity index (χ4v) is 4.26. The van der Waals surface area contributed by atoms with Gasteiger partial charge >= 0.3 is 26.3 Å². The molecule has 0 saturated heterocycles. The molecule has 0 aliphatic heterocycles. The van der Waals surface area contributed by atoms with Crippen molar-refractivity contribution < 1.29 is 47.0 Å². The first-order valence-electron chi connectivity index (χ1n) is 14.5. The van der Waals surface area contributed by atoms with Gasteiger partial charge in [-0.25, -0.2) is 14.4 Å². The molecule has 44 heavy (non-hydrogen) atoms. The third kappa shape index (κ3) is 15.7. The lowest BCUT2D eigenvalue weighted by Gasteiger charge is -2.23. The predicted molar refractivity (Wildman–Crippen MR) is 163 cm³/mol. The van der Waals surface area contributed by atoms with E-state index in [1.54, 1.807) is 69.3 Å². The zero-order valence-electron chi connectivity index (χ0n) is 25.7. The van der Waals surface area contributed by atoms with Crippen LogP contribution in [0.15, 0.2) is 60.7 Å². The second-order valence-electron chi connectivity index (χ2n) is 10.8. The molecule has 2 unspecified atom stereocenters. The van der Waals surface area contributed by atoms with Crippen LogP contribution in [0.25, 0.3) is 0 Å². The molecule has 0 radical (unpaired) electrons. The van der Waals surface area contributed by atoms with Gasteiger partial charge < -0.3 is 33.9 Å². The Morgan fingerprint density at radius 3 is 1.86 bits per heavy atom. The summed E-state index contributed by atoms with van der Waals surface area (Å²) in [4.78, 5) is 51.1. The molecule has 2 amide bonds. The number of alkyl carbamates (subject to hydrolysis) is 1. The van der Waals surface area contributed by atoms with Crippen LogP contribution in [-0.4, -0.2) is 54.8 Å². The highest BCUT2D eigenvalue weighted by Crippen LogP contribution is 2.24. The van der Waals surface area contributed by atoms with Crippen molar-refractivity contribution >= 4 is 32.2 Å². The SMILES string of the molecule is CCCCO[PH](=O)OCC(NC(=O)CC[C@H](NC(=O)OC(C)(C)C)C(=O)OCc1ccccc1)C(=O)OCc1ccccc1. The van der Waals surface area contributed by atoms with Crippen molar-refractivity contribution in [3.8, 4) is 0 Å². The number of carbonyl (C=O) groups excluding carboxylic acids is 4. The van der Waals surface area contributed by atoms with E-state index in [0.29, 0.717) is 6.42 Å². The maximum atomic E-state index is 12.9. The summed E-state index contributed by atoms with van der Waals surface area (Å²) >= 11 is 0. The fourth-order valence-electron chi connectivity index (χ4n) is 3.56. The van der Waals surface area contributed by atoms with E-state index in [0.717, 1.165) is 17.5 Å². The standard InChI is InChI=1S/C31H43N2O10P/c1-5-6-19-41-44(38)42-22-26(29(36)40-21-24-15-11-8-12-16-24)32-27(34)18-17-25(33-30(37)43-31(2,3)4)28(35)39-20-23-13-9-7-10-14-23/h7-16,25-26,44H,5-6,17-22H2,1-4H3,(H,32,34)(H,33,37)/t25-,26?/m0/s1. The van der Waals surface area contributed by atoms with Gasteiger partial charge in [0.25, 0.3) is 0 Å². The number of ether oxygens (including phenoxy) is 3. The molecule has 0 aliphatic rings. The topological polar surface area (TPSA) is 156 Å². The van der Waals surface area contributed by atoms with E-state index < -0.39 is 56.5 Å². The van der Waals surface area contributed by atoms with Gasteiger partial charge in [-0.1, -0.05) is 74.0 Å². The van der Waals surface area contributed by atoms with Gasteiger partial charge in [0.15, 0.2) is 6.04 Å². The third-order valence-corrected chi connectivity index (χ3v) is 6.63. The van der Waals surface area contributed by atoms with Crippen molar-refractivity contribution in [2.75, 3.05) is 13.2 Å². The highest BCUT2D eigenvalue weighted by molar-refractivity contribution is 7.33. The molecule has 0 aromatic heterocycles. The molecular formula is C31H43N2O10P. The average molecular weight is 635 g/mol. The molecule has 242 valence electrons. The first kappa shape index (κ1) is 36.5. The van der Waals surface area contributed by atoms with Gasteiger partial charge in [0.1, 0.15) is 24.9 Å². The van der Waals surface area contributed by atoms with Crippen molar-refractivity contribution in [3.05, 3.63) is 71.8 Å². The van der Waals surface area contributed by atoms with E-state index in [1.807, 2.05) is 19.1 Å². The van der Waals surface area contributed by atoms with Gasteiger partial charge in [-0.2, -0.15) is 0 Å². The summed E-state index contributed by atoms with van der Waals surface area (Å²) in [6.45, 7) is 6.65. The zero-order chi connectivity index (χ0) is 32.4. The molecule has 0 saturated carbocycles. The lowest BCUT2D eigenvalue weighted by Crippen LogP contribution is -2.47. The average Bonchev–Trinajstić information content (AvgIpc) is 2.99. The minimum absolute atomic E-state index is 0.0371. The first-order valence-corrected chi connectivity index (χ1v) is 15.7. The van der Waals surface area contributed by atoms with Crippen LogP contribution in [0.3, 0.4) is 0 Å². The van der Waals surface area contributed by atoms with E-state index in [9.17, 15) is 23.7 Å². The van der Waals surface area contributed by atoms with Crippen LogP contribution in [-0.2, 0) is 55.4 Å². The summed E-state index contributed by atoms with van der Waals surface area (Å²) in [5, 5.41) is 4.96. The van der Waals surface area contributed by atoms with Crippen LogP contribution < -0.4 is 10.6 Å². The number of nitrogens with one attached hydrogen (secondary N) is 2. The maximum absolute atomic E-state index is 12.9. The van der Waals surface area contributed by atoms with Crippen molar-refractivity contribution in [2.45, 2.75) is 84.3 Å².